The maximum Gasteiger partial charge on any atom is 0.512 e. The average molecular weight is 334 g/mol. The number of carbonyl (C=O) groups is 1. The molecule has 118 valence electrons. The zero-order valence-corrected chi connectivity index (χ0v) is 12.3. The standard InChI is InChI=1S/C13H10N4O5S/c18-13(19)22-11-8-23-12(15-11)16-14-7-3-5-9-4-1-2-6-10(9)17(20)21/h1-8H,(H,15,16)(H,18,19). The number of nitro benzene ring substituents is 1. The third-order valence-corrected chi connectivity index (χ3v) is 3.13. The van der Waals surface area contributed by atoms with Gasteiger partial charge in [-0.2, -0.15) is 10.1 Å². The number of nitrogens with one attached hydrogen (secondary N) is 1. The number of nitro groups is 1. The van der Waals surface area contributed by atoms with E-state index in [0.717, 1.165) is 11.3 Å². The Bertz CT molecular complexity index is 771. The van der Waals surface area contributed by atoms with Gasteiger partial charge in [0.1, 0.15) is 0 Å². The van der Waals surface area contributed by atoms with Gasteiger partial charge >= 0.3 is 6.16 Å². The van der Waals surface area contributed by atoms with Gasteiger partial charge < -0.3 is 9.84 Å². The topological polar surface area (TPSA) is 127 Å². The van der Waals surface area contributed by atoms with Crippen LogP contribution in [0.2, 0.25) is 0 Å². The Hall–Kier alpha value is -3.27. The summed E-state index contributed by atoms with van der Waals surface area (Å²) in [5, 5.41) is 24.9. The molecule has 0 unspecified atom stereocenters. The van der Waals surface area contributed by atoms with Crippen LogP contribution in [0.1, 0.15) is 5.56 Å². The molecular weight excluding hydrogens is 324 g/mol. The van der Waals surface area contributed by atoms with Crippen molar-refractivity contribution in [1.29, 1.82) is 0 Å². The summed E-state index contributed by atoms with van der Waals surface area (Å²) in [4.78, 5) is 24.5. The molecule has 0 saturated heterocycles. The SMILES string of the molecule is O=C(O)Oc1csc(NN=CC=Cc2ccccc2[N+](=O)[O-])n1. The third-order valence-electron chi connectivity index (χ3n) is 2.41. The molecule has 0 fully saturated rings. The average Bonchev–Trinajstić information content (AvgIpc) is 2.93. The van der Waals surface area contributed by atoms with Crippen LogP contribution in [-0.2, 0) is 0 Å². The van der Waals surface area contributed by atoms with Crippen molar-refractivity contribution in [3.05, 3.63) is 51.4 Å². The van der Waals surface area contributed by atoms with Gasteiger partial charge in [0.05, 0.1) is 15.9 Å². The minimum atomic E-state index is -1.45. The van der Waals surface area contributed by atoms with Gasteiger partial charge in [-0.3, -0.25) is 15.5 Å². The Balaban J connectivity index is 1.93. The van der Waals surface area contributed by atoms with Crippen molar-refractivity contribution in [1.82, 2.24) is 4.98 Å². The molecule has 0 aliphatic carbocycles. The fraction of sp³-hybridized carbons (Fsp3) is 0. The fourth-order valence-corrected chi connectivity index (χ4v) is 2.09. The minimum Gasteiger partial charge on any atom is -0.449 e. The number of nitrogens with zero attached hydrogens (tertiary/aromatic N) is 3. The van der Waals surface area contributed by atoms with E-state index in [0.29, 0.717) is 10.7 Å². The minimum absolute atomic E-state index is 0.000457. The monoisotopic (exact) mass is 334 g/mol. The van der Waals surface area contributed by atoms with E-state index in [2.05, 4.69) is 20.2 Å². The van der Waals surface area contributed by atoms with Gasteiger partial charge in [-0.05, 0) is 18.2 Å². The van der Waals surface area contributed by atoms with Crippen molar-refractivity contribution in [3.63, 3.8) is 0 Å². The van der Waals surface area contributed by atoms with Crippen LogP contribution < -0.4 is 10.2 Å². The van der Waals surface area contributed by atoms with Gasteiger partial charge in [-0.1, -0.05) is 23.5 Å². The molecule has 0 atom stereocenters. The number of ether oxygens (including phenoxy) is 1. The van der Waals surface area contributed by atoms with E-state index < -0.39 is 11.1 Å². The lowest BCUT2D eigenvalue weighted by atomic mass is 10.2. The third kappa shape index (κ3) is 4.89. The Kier molecular flexibility index (Phi) is 5.36. The van der Waals surface area contributed by atoms with Gasteiger partial charge in [0.15, 0.2) is 0 Å². The molecule has 0 spiro atoms. The molecule has 2 N–H and O–H groups in total. The summed E-state index contributed by atoms with van der Waals surface area (Å²) in [5.74, 6) is -0.0457. The van der Waals surface area contributed by atoms with Crippen LogP contribution in [0, 0.1) is 10.1 Å². The quantitative estimate of drug-likeness (QED) is 0.359. The fourth-order valence-electron chi connectivity index (χ4n) is 1.52. The molecule has 0 aliphatic heterocycles. The first-order valence-electron chi connectivity index (χ1n) is 6.11. The highest BCUT2D eigenvalue weighted by molar-refractivity contribution is 7.13. The Labute approximate surface area is 133 Å². The lowest BCUT2D eigenvalue weighted by Gasteiger charge is -1.95. The van der Waals surface area contributed by atoms with E-state index in [1.54, 1.807) is 24.3 Å². The predicted molar refractivity (Wildman–Crippen MR) is 85.0 cm³/mol. The van der Waals surface area contributed by atoms with Gasteiger partial charge in [0.2, 0.25) is 11.0 Å². The molecule has 0 saturated carbocycles. The molecule has 2 aromatic rings. The summed E-state index contributed by atoms with van der Waals surface area (Å²) in [7, 11) is 0. The molecule has 9 nitrogen and oxygen atoms in total. The number of hydrazone groups is 1. The lowest BCUT2D eigenvalue weighted by molar-refractivity contribution is -0.385. The second kappa shape index (κ2) is 7.66. The number of aromatic nitrogens is 1. The van der Waals surface area contributed by atoms with E-state index >= 15 is 0 Å². The number of anilines is 1. The molecule has 1 aromatic carbocycles. The predicted octanol–water partition coefficient (Wildman–Crippen LogP) is 3.22. The summed E-state index contributed by atoms with van der Waals surface area (Å²) >= 11 is 1.11. The van der Waals surface area contributed by atoms with E-state index in [-0.39, 0.29) is 11.6 Å². The van der Waals surface area contributed by atoms with Crippen LogP contribution in [0.4, 0.5) is 15.6 Å². The van der Waals surface area contributed by atoms with Gasteiger partial charge in [0, 0.05) is 12.3 Å². The number of benzene rings is 1. The van der Waals surface area contributed by atoms with Crippen molar-refractivity contribution in [2.75, 3.05) is 5.43 Å². The first kappa shape index (κ1) is 16.1. The van der Waals surface area contributed by atoms with Gasteiger partial charge in [-0.15, -0.1) is 0 Å². The number of allylic oxidation sites excluding steroid dienone is 1. The Morgan fingerprint density at radius 3 is 3.00 bits per heavy atom. The molecule has 0 bridgehead atoms. The normalized spacial score (nSPS) is 11.0. The van der Waals surface area contributed by atoms with Crippen LogP contribution in [0.15, 0.2) is 40.8 Å². The molecule has 1 aromatic heterocycles. The number of thiazole rings is 1. The summed E-state index contributed by atoms with van der Waals surface area (Å²) in [5.41, 5.74) is 3.04. The van der Waals surface area contributed by atoms with Crippen molar-refractivity contribution < 1.29 is 19.6 Å². The van der Waals surface area contributed by atoms with E-state index in [1.807, 2.05) is 0 Å². The summed E-state index contributed by atoms with van der Waals surface area (Å²) in [6.07, 6.45) is 3.01. The second-order valence-corrected chi connectivity index (χ2v) is 4.78. The second-order valence-electron chi connectivity index (χ2n) is 3.92. The lowest BCUT2D eigenvalue weighted by Crippen LogP contribution is -2.03. The number of carboxylic acid groups (broad SMARTS) is 1. The molecule has 0 aliphatic rings. The Morgan fingerprint density at radius 2 is 2.26 bits per heavy atom. The number of rotatable bonds is 6. The van der Waals surface area contributed by atoms with E-state index in [1.165, 1.54) is 23.7 Å². The van der Waals surface area contributed by atoms with E-state index in [4.69, 9.17) is 5.11 Å². The highest BCUT2D eigenvalue weighted by Gasteiger charge is 2.08. The number of para-hydroxylation sites is 1. The molecule has 0 radical (unpaired) electrons. The van der Waals surface area contributed by atoms with Gasteiger partial charge in [-0.25, -0.2) is 4.79 Å². The van der Waals surface area contributed by atoms with Crippen LogP contribution >= 0.6 is 11.3 Å². The van der Waals surface area contributed by atoms with Crippen LogP contribution in [0.25, 0.3) is 6.08 Å². The van der Waals surface area contributed by atoms with Gasteiger partial charge in [0.25, 0.3) is 5.69 Å². The van der Waals surface area contributed by atoms with Crippen molar-refractivity contribution >= 4 is 40.6 Å². The molecule has 0 amide bonds. The maximum absolute atomic E-state index is 10.8. The van der Waals surface area contributed by atoms with Crippen LogP contribution in [0.3, 0.4) is 0 Å². The highest BCUT2D eigenvalue weighted by Crippen LogP contribution is 2.21. The van der Waals surface area contributed by atoms with Crippen molar-refractivity contribution in [3.8, 4) is 5.88 Å². The molecule has 10 heteroatoms. The molecule has 1 heterocycles. The maximum atomic E-state index is 10.8. The smallest absolute Gasteiger partial charge is 0.449 e. The largest absolute Gasteiger partial charge is 0.512 e. The van der Waals surface area contributed by atoms with Crippen LogP contribution in [-0.4, -0.2) is 27.4 Å². The zero-order chi connectivity index (χ0) is 16.7. The molecular formula is C13H10N4O5S. The summed E-state index contributed by atoms with van der Waals surface area (Å²) in [6.45, 7) is 0. The Morgan fingerprint density at radius 1 is 1.48 bits per heavy atom. The number of hydrogen-bond acceptors (Lipinski definition) is 8. The highest BCUT2D eigenvalue weighted by atomic mass is 32.1. The summed E-state index contributed by atoms with van der Waals surface area (Å²) < 4.78 is 4.36. The molecule has 23 heavy (non-hydrogen) atoms. The van der Waals surface area contributed by atoms with Crippen molar-refractivity contribution in [2.45, 2.75) is 0 Å². The molecule has 2 rings (SSSR count). The van der Waals surface area contributed by atoms with Crippen molar-refractivity contribution in [2.24, 2.45) is 5.10 Å². The number of hydrogen-bond donors (Lipinski definition) is 2. The first-order chi connectivity index (χ1) is 11.1. The van der Waals surface area contributed by atoms with E-state index in [9.17, 15) is 14.9 Å². The first-order valence-corrected chi connectivity index (χ1v) is 6.99. The van der Waals surface area contributed by atoms with Crippen LogP contribution in [0.5, 0.6) is 5.88 Å². The summed E-state index contributed by atoms with van der Waals surface area (Å²) in [6, 6.07) is 6.31. The zero-order valence-electron chi connectivity index (χ0n) is 11.4.